The fourth-order valence-electron chi connectivity index (χ4n) is 2.02. The molecule has 0 atom stereocenters. The number of rotatable bonds is 1. The second kappa shape index (κ2) is 4.58. The number of ether oxygens (including phenoxy) is 1. The molecular weight excluding hydrogens is 282 g/mol. The minimum atomic E-state index is 0.788. The predicted octanol–water partition coefficient (Wildman–Crippen LogP) is 2.23. The van der Waals surface area contributed by atoms with E-state index in [0.29, 0.717) is 0 Å². The van der Waals surface area contributed by atoms with Gasteiger partial charge in [0.15, 0.2) is 0 Å². The second-order valence-corrected chi connectivity index (χ2v) is 4.81. The largest absolute Gasteiger partial charge is 0.378 e. The van der Waals surface area contributed by atoms with Crippen LogP contribution in [0.1, 0.15) is 0 Å². The number of benzene rings is 1. The zero-order valence-corrected chi connectivity index (χ0v) is 10.9. The number of fused-ring (bicyclic) bond motifs is 1. The third-order valence-corrected chi connectivity index (χ3v) is 3.49. The fraction of sp³-hybridized carbons (Fsp3) is 0.333. The van der Waals surface area contributed by atoms with E-state index in [9.17, 15) is 0 Å². The van der Waals surface area contributed by atoms with Gasteiger partial charge < -0.3 is 9.64 Å². The number of hydrogen-bond acceptors (Lipinski definition) is 4. The Kier molecular flexibility index (Phi) is 2.94. The van der Waals surface area contributed by atoms with Crippen LogP contribution in [0.2, 0.25) is 0 Å². The molecule has 0 aliphatic carbocycles. The average Bonchev–Trinajstić information content (AvgIpc) is 2.40. The molecule has 5 heteroatoms. The van der Waals surface area contributed by atoms with E-state index < -0.39 is 0 Å². The summed E-state index contributed by atoms with van der Waals surface area (Å²) in [6.07, 6.45) is 3.43. The van der Waals surface area contributed by atoms with E-state index in [0.717, 1.165) is 41.8 Å². The van der Waals surface area contributed by atoms with E-state index in [1.165, 1.54) is 5.69 Å². The highest BCUT2D eigenvalue weighted by molar-refractivity contribution is 9.10. The van der Waals surface area contributed by atoms with Crippen LogP contribution in [0.15, 0.2) is 29.0 Å². The van der Waals surface area contributed by atoms with Crippen molar-refractivity contribution >= 4 is 32.7 Å². The van der Waals surface area contributed by atoms with Gasteiger partial charge in [-0.1, -0.05) is 0 Å². The molecule has 0 bridgehead atoms. The normalized spacial score (nSPS) is 16.4. The van der Waals surface area contributed by atoms with E-state index in [1.807, 2.05) is 0 Å². The van der Waals surface area contributed by atoms with E-state index >= 15 is 0 Å². The summed E-state index contributed by atoms with van der Waals surface area (Å²) in [5.74, 6) is 0. The lowest BCUT2D eigenvalue weighted by molar-refractivity contribution is 0.122. The maximum Gasteiger partial charge on any atom is 0.103 e. The SMILES string of the molecule is Brc1cc(N2CCOCC2)cc2nccnc12. The number of aromatic nitrogens is 2. The van der Waals surface area contributed by atoms with Crippen LogP contribution >= 0.6 is 15.9 Å². The standard InChI is InChI=1S/C12H12BrN3O/c13-10-7-9(16-3-5-17-6-4-16)8-11-12(10)15-2-1-14-11/h1-2,7-8H,3-6H2. The van der Waals surface area contributed by atoms with Crippen molar-refractivity contribution in [2.24, 2.45) is 0 Å². The summed E-state index contributed by atoms with van der Waals surface area (Å²) in [7, 11) is 0. The van der Waals surface area contributed by atoms with Crippen molar-refractivity contribution in [3.8, 4) is 0 Å². The highest BCUT2D eigenvalue weighted by atomic mass is 79.9. The molecule has 0 unspecified atom stereocenters. The fourth-order valence-corrected chi connectivity index (χ4v) is 2.56. The highest BCUT2D eigenvalue weighted by Gasteiger charge is 2.13. The van der Waals surface area contributed by atoms with Gasteiger partial charge in [0.25, 0.3) is 0 Å². The number of hydrogen-bond donors (Lipinski definition) is 0. The molecule has 1 aliphatic rings. The van der Waals surface area contributed by atoms with Gasteiger partial charge in [0.2, 0.25) is 0 Å². The van der Waals surface area contributed by atoms with Gasteiger partial charge in [-0.15, -0.1) is 0 Å². The smallest absolute Gasteiger partial charge is 0.103 e. The first-order valence-corrected chi connectivity index (χ1v) is 6.37. The monoisotopic (exact) mass is 293 g/mol. The van der Waals surface area contributed by atoms with Gasteiger partial charge in [-0.3, -0.25) is 9.97 Å². The van der Waals surface area contributed by atoms with Crippen LogP contribution in [-0.4, -0.2) is 36.3 Å². The van der Waals surface area contributed by atoms with Gasteiger partial charge in [0.05, 0.1) is 18.7 Å². The first-order chi connectivity index (χ1) is 8.34. The zero-order chi connectivity index (χ0) is 11.7. The summed E-state index contributed by atoms with van der Waals surface area (Å²) in [6, 6.07) is 4.18. The van der Waals surface area contributed by atoms with Crippen LogP contribution in [-0.2, 0) is 4.74 Å². The summed E-state index contributed by atoms with van der Waals surface area (Å²) in [5.41, 5.74) is 3.00. The van der Waals surface area contributed by atoms with Crippen molar-refractivity contribution in [2.75, 3.05) is 31.2 Å². The number of anilines is 1. The topological polar surface area (TPSA) is 38.2 Å². The third kappa shape index (κ3) is 2.12. The van der Waals surface area contributed by atoms with Crippen molar-refractivity contribution < 1.29 is 4.74 Å². The summed E-state index contributed by atoms with van der Waals surface area (Å²) < 4.78 is 6.35. The van der Waals surface area contributed by atoms with Crippen molar-refractivity contribution in [3.63, 3.8) is 0 Å². The lowest BCUT2D eigenvalue weighted by Crippen LogP contribution is -2.36. The molecule has 0 spiro atoms. The predicted molar refractivity (Wildman–Crippen MR) is 70.3 cm³/mol. The molecule has 2 heterocycles. The lowest BCUT2D eigenvalue weighted by Gasteiger charge is -2.29. The first-order valence-electron chi connectivity index (χ1n) is 5.57. The number of halogens is 1. The van der Waals surface area contributed by atoms with Crippen molar-refractivity contribution in [1.29, 1.82) is 0 Å². The molecule has 1 fully saturated rings. The van der Waals surface area contributed by atoms with Crippen LogP contribution in [0.5, 0.6) is 0 Å². The van der Waals surface area contributed by atoms with Gasteiger partial charge >= 0.3 is 0 Å². The highest BCUT2D eigenvalue weighted by Crippen LogP contribution is 2.27. The molecule has 0 N–H and O–H groups in total. The summed E-state index contributed by atoms with van der Waals surface area (Å²) >= 11 is 3.55. The van der Waals surface area contributed by atoms with E-state index in [-0.39, 0.29) is 0 Å². The quantitative estimate of drug-likeness (QED) is 0.808. The van der Waals surface area contributed by atoms with Crippen molar-refractivity contribution in [1.82, 2.24) is 9.97 Å². The van der Waals surface area contributed by atoms with Gasteiger partial charge in [-0.25, -0.2) is 0 Å². The van der Waals surface area contributed by atoms with Crippen LogP contribution in [0, 0.1) is 0 Å². The summed E-state index contributed by atoms with van der Waals surface area (Å²) in [6.45, 7) is 3.43. The maximum absolute atomic E-state index is 5.36. The Morgan fingerprint density at radius 1 is 1.12 bits per heavy atom. The van der Waals surface area contributed by atoms with Crippen LogP contribution < -0.4 is 4.90 Å². The Hall–Kier alpha value is -1.20. The molecule has 0 radical (unpaired) electrons. The number of nitrogens with zero attached hydrogens (tertiary/aromatic N) is 3. The van der Waals surface area contributed by atoms with Crippen LogP contribution in [0.4, 0.5) is 5.69 Å². The number of morpholine rings is 1. The Morgan fingerprint density at radius 2 is 1.88 bits per heavy atom. The zero-order valence-electron chi connectivity index (χ0n) is 9.27. The van der Waals surface area contributed by atoms with Gasteiger partial charge in [-0.2, -0.15) is 0 Å². The third-order valence-electron chi connectivity index (χ3n) is 2.89. The molecule has 2 aromatic rings. The minimum absolute atomic E-state index is 0.788. The lowest BCUT2D eigenvalue weighted by atomic mass is 10.2. The van der Waals surface area contributed by atoms with Gasteiger partial charge in [-0.05, 0) is 28.1 Å². The van der Waals surface area contributed by atoms with E-state index in [1.54, 1.807) is 12.4 Å². The van der Waals surface area contributed by atoms with Crippen molar-refractivity contribution in [3.05, 3.63) is 29.0 Å². The van der Waals surface area contributed by atoms with Crippen LogP contribution in [0.3, 0.4) is 0 Å². The Labute approximate surface area is 108 Å². The molecule has 1 saturated heterocycles. The maximum atomic E-state index is 5.36. The Balaban J connectivity index is 2.05. The first kappa shape index (κ1) is 10.9. The molecular formula is C12H12BrN3O. The summed E-state index contributed by atoms with van der Waals surface area (Å²) in [5, 5.41) is 0. The molecule has 88 valence electrons. The van der Waals surface area contributed by atoms with Crippen molar-refractivity contribution in [2.45, 2.75) is 0 Å². The van der Waals surface area contributed by atoms with E-state index in [4.69, 9.17) is 4.74 Å². The summed E-state index contributed by atoms with van der Waals surface area (Å²) in [4.78, 5) is 11.0. The minimum Gasteiger partial charge on any atom is -0.378 e. The van der Waals surface area contributed by atoms with E-state index in [2.05, 4.69) is 42.9 Å². The molecule has 0 amide bonds. The molecule has 1 aromatic carbocycles. The van der Waals surface area contributed by atoms with Gasteiger partial charge in [0, 0.05) is 35.6 Å². The molecule has 1 aliphatic heterocycles. The second-order valence-electron chi connectivity index (χ2n) is 3.95. The van der Waals surface area contributed by atoms with Crippen LogP contribution in [0.25, 0.3) is 11.0 Å². The molecule has 17 heavy (non-hydrogen) atoms. The Bertz CT molecular complexity index is 540. The Morgan fingerprint density at radius 3 is 2.71 bits per heavy atom. The average molecular weight is 294 g/mol. The molecule has 1 aromatic heterocycles. The molecule has 4 nitrogen and oxygen atoms in total. The molecule has 3 rings (SSSR count). The van der Waals surface area contributed by atoms with Gasteiger partial charge in [0.1, 0.15) is 5.52 Å². The molecule has 0 saturated carbocycles.